The molecule has 0 spiro atoms. The van der Waals surface area contributed by atoms with Gasteiger partial charge in [-0.25, -0.2) is 4.68 Å². The first-order valence-electron chi connectivity index (χ1n) is 7.52. The molecular weight excluding hydrogens is 282 g/mol. The van der Waals surface area contributed by atoms with Gasteiger partial charge < -0.3 is 5.32 Å². The van der Waals surface area contributed by atoms with E-state index < -0.39 is 0 Å². The molecule has 0 aliphatic carbocycles. The zero-order chi connectivity index (χ0) is 15.4. The van der Waals surface area contributed by atoms with E-state index in [1.165, 1.54) is 11.3 Å². The predicted molar refractivity (Wildman–Crippen MR) is 89.2 cm³/mol. The van der Waals surface area contributed by atoms with Crippen molar-refractivity contribution in [1.29, 1.82) is 0 Å². The largest absolute Gasteiger partial charge is 0.312 e. The standard InChI is InChI=1S/C17H24ClN3/c1-12(2)9-19-10-14-11-20-21(17(14)13(3)4)16-7-5-15(18)6-8-16/h5-8,11-13,19H,9-10H2,1-4H3. The van der Waals surface area contributed by atoms with Crippen LogP contribution in [0.1, 0.15) is 44.9 Å². The van der Waals surface area contributed by atoms with Crippen molar-refractivity contribution < 1.29 is 0 Å². The Hall–Kier alpha value is -1.32. The van der Waals surface area contributed by atoms with E-state index in [4.69, 9.17) is 11.6 Å². The molecule has 1 aromatic carbocycles. The highest BCUT2D eigenvalue weighted by molar-refractivity contribution is 6.30. The second kappa shape index (κ2) is 7.10. The predicted octanol–water partition coefficient (Wildman–Crippen LogP) is 4.39. The number of hydrogen-bond acceptors (Lipinski definition) is 2. The van der Waals surface area contributed by atoms with Gasteiger partial charge in [-0.15, -0.1) is 0 Å². The van der Waals surface area contributed by atoms with E-state index in [2.05, 4.69) is 38.1 Å². The van der Waals surface area contributed by atoms with Gasteiger partial charge in [0.1, 0.15) is 0 Å². The smallest absolute Gasteiger partial charge is 0.0650 e. The second-order valence-corrected chi connectivity index (χ2v) is 6.56. The maximum atomic E-state index is 5.97. The average Bonchev–Trinajstić information content (AvgIpc) is 2.83. The van der Waals surface area contributed by atoms with Crippen LogP contribution < -0.4 is 5.32 Å². The summed E-state index contributed by atoms with van der Waals surface area (Å²) in [5.41, 5.74) is 3.58. The van der Waals surface area contributed by atoms with Gasteiger partial charge in [0.15, 0.2) is 0 Å². The molecule has 0 saturated heterocycles. The molecule has 0 saturated carbocycles. The molecule has 0 aliphatic rings. The summed E-state index contributed by atoms with van der Waals surface area (Å²) in [7, 11) is 0. The number of nitrogens with zero attached hydrogens (tertiary/aromatic N) is 2. The van der Waals surface area contributed by atoms with Gasteiger partial charge in [-0.3, -0.25) is 0 Å². The molecule has 21 heavy (non-hydrogen) atoms. The van der Waals surface area contributed by atoms with E-state index in [9.17, 15) is 0 Å². The van der Waals surface area contributed by atoms with Crippen LogP contribution in [-0.4, -0.2) is 16.3 Å². The number of benzene rings is 1. The molecule has 3 nitrogen and oxygen atoms in total. The first-order valence-corrected chi connectivity index (χ1v) is 7.90. The van der Waals surface area contributed by atoms with Gasteiger partial charge in [-0.2, -0.15) is 5.10 Å². The van der Waals surface area contributed by atoms with Crippen molar-refractivity contribution in [2.24, 2.45) is 5.92 Å². The molecule has 0 bridgehead atoms. The van der Waals surface area contributed by atoms with E-state index in [0.29, 0.717) is 11.8 Å². The molecule has 4 heteroatoms. The van der Waals surface area contributed by atoms with Crippen molar-refractivity contribution in [3.8, 4) is 5.69 Å². The van der Waals surface area contributed by atoms with Crippen LogP contribution in [0.5, 0.6) is 0 Å². The zero-order valence-electron chi connectivity index (χ0n) is 13.2. The van der Waals surface area contributed by atoms with Crippen molar-refractivity contribution >= 4 is 11.6 Å². The fourth-order valence-corrected chi connectivity index (χ4v) is 2.55. The molecule has 1 aromatic heterocycles. The summed E-state index contributed by atoms with van der Waals surface area (Å²) < 4.78 is 2.02. The monoisotopic (exact) mass is 305 g/mol. The summed E-state index contributed by atoms with van der Waals surface area (Å²) in [6.45, 7) is 10.7. The first-order chi connectivity index (χ1) is 9.99. The van der Waals surface area contributed by atoms with E-state index in [1.54, 1.807) is 0 Å². The molecule has 0 unspecified atom stereocenters. The minimum Gasteiger partial charge on any atom is -0.312 e. The normalized spacial score (nSPS) is 11.6. The summed E-state index contributed by atoms with van der Waals surface area (Å²) in [6, 6.07) is 7.82. The van der Waals surface area contributed by atoms with Crippen LogP contribution in [0, 0.1) is 5.92 Å². The quantitative estimate of drug-likeness (QED) is 0.857. The Balaban J connectivity index is 2.26. The SMILES string of the molecule is CC(C)CNCc1cnn(-c2ccc(Cl)cc2)c1C(C)C. The van der Waals surface area contributed by atoms with Gasteiger partial charge in [-0.1, -0.05) is 39.3 Å². The van der Waals surface area contributed by atoms with Crippen molar-refractivity contribution in [3.05, 3.63) is 46.7 Å². The summed E-state index contributed by atoms with van der Waals surface area (Å²) in [6.07, 6.45) is 1.97. The van der Waals surface area contributed by atoms with Gasteiger partial charge in [-0.05, 0) is 42.6 Å². The maximum absolute atomic E-state index is 5.97. The molecule has 114 valence electrons. The van der Waals surface area contributed by atoms with Crippen molar-refractivity contribution in [3.63, 3.8) is 0 Å². The van der Waals surface area contributed by atoms with Gasteiger partial charge in [0.25, 0.3) is 0 Å². The van der Waals surface area contributed by atoms with Gasteiger partial charge >= 0.3 is 0 Å². The Kier molecular flexibility index (Phi) is 5.43. The molecule has 0 radical (unpaired) electrons. The molecule has 0 fully saturated rings. The van der Waals surface area contributed by atoms with Crippen molar-refractivity contribution in [1.82, 2.24) is 15.1 Å². The number of hydrogen-bond donors (Lipinski definition) is 1. The molecule has 2 aromatic rings. The van der Waals surface area contributed by atoms with Crippen LogP contribution in [0.2, 0.25) is 5.02 Å². The molecule has 2 rings (SSSR count). The lowest BCUT2D eigenvalue weighted by molar-refractivity contribution is 0.549. The molecule has 1 N–H and O–H groups in total. The van der Waals surface area contributed by atoms with E-state index >= 15 is 0 Å². The Bertz CT molecular complexity index is 570. The lowest BCUT2D eigenvalue weighted by atomic mass is 10.1. The summed E-state index contributed by atoms with van der Waals surface area (Å²) in [4.78, 5) is 0. The highest BCUT2D eigenvalue weighted by Gasteiger charge is 2.15. The van der Waals surface area contributed by atoms with Crippen molar-refractivity contribution in [2.45, 2.75) is 40.2 Å². The minimum atomic E-state index is 0.416. The summed E-state index contributed by atoms with van der Waals surface area (Å²) >= 11 is 5.97. The Morgan fingerprint density at radius 3 is 2.38 bits per heavy atom. The molecular formula is C17H24ClN3. The molecule has 0 aliphatic heterocycles. The number of halogens is 1. The second-order valence-electron chi connectivity index (χ2n) is 6.12. The fourth-order valence-electron chi connectivity index (χ4n) is 2.43. The van der Waals surface area contributed by atoms with Crippen LogP contribution in [-0.2, 0) is 6.54 Å². The summed E-state index contributed by atoms with van der Waals surface area (Å²) in [5, 5.41) is 8.81. The summed E-state index contributed by atoms with van der Waals surface area (Å²) in [5.74, 6) is 1.07. The molecule has 0 amide bonds. The number of rotatable bonds is 6. The van der Waals surface area contributed by atoms with Crippen LogP contribution in [0.3, 0.4) is 0 Å². The molecule has 1 heterocycles. The third-order valence-electron chi connectivity index (χ3n) is 3.37. The highest BCUT2D eigenvalue weighted by Crippen LogP contribution is 2.23. The average molecular weight is 306 g/mol. The van der Waals surface area contributed by atoms with Crippen molar-refractivity contribution in [2.75, 3.05) is 6.54 Å². The van der Waals surface area contributed by atoms with Crippen LogP contribution >= 0.6 is 11.6 Å². The lowest BCUT2D eigenvalue weighted by Gasteiger charge is -2.14. The highest BCUT2D eigenvalue weighted by atomic mass is 35.5. The van der Waals surface area contributed by atoms with Gasteiger partial charge in [0.2, 0.25) is 0 Å². The maximum Gasteiger partial charge on any atom is 0.0650 e. The topological polar surface area (TPSA) is 29.9 Å². The van der Waals surface area contributed by atoms with E-state index in [-0.39, 0.29) is 0 Å². The minimum absolute atomic E-state index is 0.416. The third kappa shape index (κ3) is 4.08. The van der Waals surface area contributed by atoms with E-state index in [1.807, 2.05) is 35.1 Å². The Labute approximate surface area is 132 Å². The van der Waals surface area contributed by atoms with Gasteiger partial charge in [0.05, 0.1) is 17.6 Å². The number of aromatic nitrogens is 2. The first kappa shape index (κ1) is 16.1. The van der Waals surface area contributed by atoms with Gasteiger partial charge in [0, 0.05) is 17.1 Å². The van der Waals surface area contributed by atoms with E-state index in [0.717, 1.165) is 23.8 Å². The number of nitrogens with one attached hydrogen (secondary N) is 1. The fraction of sp³-hybridized carbons (Fsp3) is 0.471. The lowest BCUT2D eigenvalue weighted by Crippen LogP contribution is -2.20. The van der Waals surface area contributed by atoms with Crippen LogP contribution in [0.4, 0.5) is 0 Å². The van der Waals surface area contributed by atoms with Crippen LogP contribution in [0.25, 0.3) is 5.69 Å². The Morgan fingerprint density at radius 2 is 1.81 bits per heavy atom. The third-order valence-corrected chi connectivity index (χ3v) is 3.62. The zero-order valence-corrected chi connectivity index (χ0v) is 14.0. The van der Waals surface area contributed by atoms with Crippen LogP contribution in [0.15, 0.2) is 30.5 Å². The molecule has 0 atom stereocenters. The Morgan fingerprint density at radius 1 is 1.14 bits per heavy atom.